The summed E-state index contributed by atoms with van der Waals surface area (Å²) in [6, 6.07) is 4.63. The molecule has 0 spiro atoms. The highest BCUT2D eigenvalue weighted by Crippen LogP contribution is 2.19. The Morgan fingerprint density at radius 1 is 1.07 bits per heavy atom. The second kappa shape index (κ2) is 5.10. The second-order valence-electron chi connectivity index (χ2n) is 4.39. The maximum atomic E-state index is 4.14. The van der Waals surface area contributed by atoms with E-state index in [2.05, 4.69) is 15.5 Å². The van der Waals surface area contributed by atoms with Crippen molar-refractivity contribution in [1.29, 1.82) is 0 Å². The van der Waals surface area contributed by atoms with E-state index >= 15 is 0 Å². The predicted molar refractivity (Wildman–Crippen MR) is 61.9 cm³/mol. The first-order chi connectivity index (χ1) is 7.34. The fourth-order valence-corrected chi connectivity index (χ4v) is 2.11. The Kier molecular flexibility index (Phi) is 3.54. The zero-order valence-corrected chi connectivity index (χ0v) is 9.37. The van der Waals surface area contributed by atoms with Crippen LogP contribution in [0.5, 0.6) is 0 Å². The smallest absolute Gasteiger partial charge is 0.148 e. The molecule has 82 valence electrons. The largest absolute Gasteiger partial charge is 0.366 e. The molecule has 0 unspecified atom stereocenters. The van der Waals surface area contributed by atoms with E-state index in [1.54, 1.807) is 0 Å². The van der Waals surface area contributed by atoms with Crippen LogP contribution in [0.3, 0.4) is 0 Å². The van der Waals surface area contributed by atoms with Crippen LogP contribution in [0, 0.1) is 6.92 Å². The first kappa shape index (κ1) is 10.4. The molecule has 1 aliphatic carbocycles. The molecule has 2 rings (SSSR count). The summed E-state index contributed by atoms with van der Waals surface area (Å²) in [5, 5.41) is 11.7. The summed E-state index contributed by atoms with van der Waals surface area (Å²) in [5.41, 5.74) is 0.974. The zero-order chi connectivity index (χ0) is 10.5. The molecule has 1 N–H and O–H groups in total. The van der Waals surface area contributed by atoms with Gasteiger partial charge in [0.25, 0.3) is 0 Å². The predicted octanol–water partition coefficient (Wildman–Crippen LogP) is 2.92. The van der Waals surface area contributed by atoms with Gasteiger partial charge in [-0.3, -0.25) is 0 Å². The molecule has 0 aromatic carbocycles. The molecule has 1 aromatic rings. The van der Waals surface area contributed by atoms with Crippen LogP contribution in [0.1, 0.15) is 44.2 Å². The molecule has 1 aliphatic rings. The average Bonchev–Trinajstić information content (AvgIpc) is 2.50. The zero-order valence-electron chi connectivity index (χ0n) is 9.37. The van der Waals surface area contributed by atoms with E-state index in [0.717, 1.165) is 11.5 Å². The summed E-state index contributed by atoms with van der Waals surface area (Å²) in [7, 11) is 0. The molecule has 1 aromatic heterocycles. The Morgan fingerprint density at radius 3 is 2.40 bits per heavy atom. The molecule has 1 fully saturated rings. The van der Waals surface area contributed by atoms with Crippen LogP contribution in [0.25, 0.3) is 0 Å². The third kappa shape index (κ3) is 3.18. The first-order valence-electron chi connectivity index (χ1n) is 5.91. The third-order valence-electron chi connectivity index (χ3n) is 3.01. The summed E-state index contributed by atoms with van der Waals surface area (Å²) in [6.07, 6.45) is 8.01. The molecule has 0 amide bonds. The fraction of sp³-hybridized carbons (Fsp3) is 0.667. The van der Waals surface area contributed by atoms with Gasteiger partial charge >= 0.3 is 0 Å². The minimum atomic E-state index is 0.601. The Labute approximate surface area is 91.3 Å². The molecule has 0 saturated heterocycles. The highest BCUT2D eigenvalue weighted by molar-refractivity contribution is 5.34. The van der Waals surface area contributed by atoms with Crippen LogP contribution in [-0.4, -0.2) is 16.2 Å². The van der Waals surface area contributed by atoms with E-state index in [9.17, 15) is 0 Å². The van der Waals surface area contributed by atoms with Crippen molar-refractivity contribution in [3.05, 3.63) is 17.8 Å². The number of anilines is 1. The van der Waals surface area contributed by atoms with Crippen molar-refractivity contribution in [2.45, 2.75) is 51.5 Å². The van der Waals surface area contributed by atoms with Gasteiger partial charge in [0.2, 0.25) is 0 Å². The lowest BCUT2D eigenvalue weighted by Gasteiger charge is -2.16. The van der Waals surface area contributed by atoms with Gasteiger partial charge in [-0.25, -0.2) is 0 Å². The Bertz CT molecular complexity index is 286. The third-order valence-corrected chi connectivity index (χ3v) is 3.01. The molecule has 0 bridgehead atoms. The van der Waals surface area contributed by atoms with E-state index < -0.39 is 0 Å². The van der Waals surface area contributed by atoms with Gasteiger partial charge < -0.3 is 5.32 Å². The molecule has 1 saturated carbocycles. The highest BCUT2D eigenvalue weighted by Gasteiger charge is 2.12. The van der Waals surface area contributed by atoms with Gasteiger partial charge in [-0.05, 0) is 31.9 Å². The van der Waals surface area contributed by atoms with Crippen molar-refractivity contribution in [3.63, 3.8) is 0 Å². The molecule has 1 heterocycles. The summed E-state index contributed by atoms with van der Waals surface area (Å²) in [5.74, 6) is 0.924. The highest BCUT2D eigenvalue weighted by atomic mass is 15.2. The van der Waals surface area contributed by atoms with E-state index in [-0.39, 0.29) is 0 Å². The lowest BCUT2D eigenvalue weighted by molar-refractivity contribution is 0.616. The van der Waals surface area contributed by atoms with Gasteiger partial charge in [0.05, 0.1) is 5.69 Å². The quantitative estimate of drug-likeness (QED) is 0.754. The summed E-state index contributed by atoms with van der Waals surface area (Å²) in [4.78, 5) is 0. The molecule has 0 aliphatic heterocycles. The molecular formula is C12H19N3. The van der Waals surface area contributed by atoms with Gasteiger partial charge in [0, 0.05) is 6.04 Å². The van der Waals surface area contributed by atoms with Crippen LogP contribution in [0.2, 0.25) is 0 Å². The fourth-order valence-electron chi connectivity index (χ4n) is 2.11. The van der Waals surface area contributed by atoms with Crippen molar-refractivity contribution in [2.75, 3.05) is 5.32 Å². The Hall–Kier alpha value is -1.12. The van der Waals surface area contributed by atoms with E-state index in [1.165, 1.54) is 38.5 Å². The summed E-state index contributed by atoms with van der Waals surface area (Å²) in [6.45, 7) is 1.96. The SMILES string of the molecule is Cc1ccc(NC2CCCCCC2)nn1. The number of nitrogens with zero attached hydrogens (tertiary/aromatic N) is 2. The number of aryl methyl sites for hydroxylation is 1. The van der Waals surface area contributed by atoms with E-state index in [0.29, 0.717) is 6.04 Å². The van der Waals surface area contributed by atoms with Crippen molar-refractivity contribution in [1.82, 2.24) is 10.2 Å². The molecule has 0 atom stereocenters. The molecule has 3 heteroatoms. The number of aromatic nitrogens is 2. The lowest BCUT2D eigenvalue weighted by atomic mass is 10.1. The van der Waals surface area contributed by atoms with Crippen molar-refractivity contribution >= 4 is 5.82 Å². The van der Waals surface area contributed by atoms with Gasteiger partial charge in [-0.2, -0.15) is 5.10 Å². The first-order valence-corrected chi connectivity index (χ1v) is 5.91. The standard InChI is InChI=1S/C12H19N3/c1-10-8-9-12(15-14-10)13-11-6-4-2-3-5-7-11/h8-9,11H,2-7H2,1H3,(H,13,15). The van der Waals surface area contributed by atoms with Gasteiger partial charge in [0.1, 0.15) is 5.82 Å². The second-order valence-corrected chi connectivity index (χ2v) is 4.39. The normalized spacial score (nSPS) is 18.5. The van der Waals surface area contributed by atoms with Crippen LogP contribution < -0.4 is 5.32 Å². The van der Waals surface area contributed by atoms with Crippen molar-refractivity contribution in [3.8, 4) is 0 Å². The molecule has 0 radical (unpaired) electrons. The van der Waals surface area contributed by atoms with Gasteiger partial charge in [0.15, 0.2) is 0 Å². The number of hydrogen-bond acceptors (Lipinski definition) is 3. The van der Waals surface area contributed by atoms with Crippen molar-refractivity contribution < 1.29 is 0 Å². The Balaban J connectivity index is 1.92. The van der Waals surface area contributed by atoms with Crippen LogP contribution in [-0.2, 0) is 0 Å². The van der Waals surface area contributed by atoms with Gasteiger partial charge in [-0.1, -0.05) is 25.7 Å². The van der Waals surface area contributed by atoms with Crippen LogP contribution in [0.4, 0.5) is 5.82 Å². The molecular weight excluding hydrogens is 186 g/mol. The molecule has 15 heavy (non-hydrogen) atoms. The maximum absolute atomic E-state index is 4.14. The molecule has 3 nitrogen and oxygen atoms in total. The average molecular weight is 205 g/mol. The monoisotopic (exact) mass is 205 g/mol. The lowest BCUT2D eigenvalue weighted by Crippen LogP contribution is -2.19. The minimum absolute atomic E-state index is 0.601. The van der Waals surface area contributed by atoms with Crippen LogP contribution >= 0.6 is 0 Å². The van der Waals surface area contributed by atoms with Crippen LogP contribution in [0.15, 0.2) is 12.1 Å². The Morgan fingerprint density at radius 2 is 1.80 bits per heavy atom. The number of nitrogens with one attached hydrogen (secondary N) is 1. The van der Waals surface area contributed by atoms with Crippen molar-refractivity contribution in [2.24, 2.45) is 0 Å². The van der Waals surface area contributed by atoms with Gasteiger partial charge in [-0.15, -0.1) is 5.10 Å². The topological polar surface area (TPSA) is 37.8 Å². The number of rotatable bonds is 2. The minimum Gasteiger partial charge on any atom is -0.366 e. The van der Waals surface area contributed by atoms with E-state index in [1.807, 2.05) is 19.1 Å². The van der Waals surface area contributed by atoms with E-state index in [4.69, 9.17) is 0 Å². The summed E-state index contributed by atoms with van der Waals surface area (Å²) >= 11 is 0. The number of hydrogen-bond donors (Lipinski definition) is 1. The maximum Gasteiger partial charge on any atom is 0.148 e. The summed E-state index contributed by atoms with van der Waals surface area (Å²) < 4.78 is 0.